The van der Waals surface area contributed by atoms with Crippen LogP contribution in [-0.2, 0) is 0 Å². The first kappa shape index (κ1) is 12.3. The van der Waals surface area contributed by atoms with Crippen LogP contribution in [0.2, 0.25) is 10.0 Å². The van der Waals surface area contributed by atoms with Gasteiger partial charge in [-0.05, 0) is 30.7 Å². The molecule has 2 heterocycles. The van der Waals surface area contributed by atoms with Gasteiger partial charge in [0.1, 0.15) is 5.82 Å². The molecule has 6 heteroatoms. The predicted octanol–water partition coefficient (Wildman–Crippen LogP) is 3.82. The molecule has 0 fully saturated rings. The molecule has 0 aliphatic rings. The molecule has 0 unspecified atom stereocenters. The van der Waals surface area contributed by atoms with Crippen molar-refractivity contribution < 1.29 is 0 Å². The number of hydrogen-bond acceptors (Lipinski definition) is 3. The lowest BCUT2D eigenvalue weighted by Crippen LogP contribution is -1.90. The highest BCUT2D eigenvalue weighted by Crippen LogP contribution is 2.33. The summed E-state index contributed by atoms with van der Waals surface area (Å²) in [5, 5.41) is 0.820. The fourth-order valence-electron chi connectivity index (χ4n) is 1.89. The van der Waals surface area contributed by atoms with Crippen LogP contribution in [0.1, 0.15) is 5.56 Å². The van der Waals surface area contributed by atoms with Crippen molar-refractivity contribution in [2.75, 3.05) is 5.73 Å². The molecule has 0 radical (unpaired) electrons. The highest BCUT2D eigenvalue weighted by molar-refractivity contribution is 6.39. The zero-order valence-corrected chi connectivity index (χ0v) is 11.5. The second kappa shape index (κ2) is 4.40. The van der Waals surface area contributed by atoms with Crippen LogP contribution >= 0.6 is 23.2 Å². The van der Waals surface area contributed by atoms with E-state index in [1.165, 1.54) is 0 Å². The number of benzene rings is 1. The van der Waals surface area contributed by atoms with Gasteiger partial charge in [-0.1, -0.05) is 23.2 Å². The number of rotatable bonds is 1. The summed E-state index contributed by atoms with van der Waals surface area (Å²) < 4.78 is 0. The quantitative estimate of drug-likeness (QED) is 0.670. The number of aromatic amines is 1. The third-order valence-electron chi connectivity index (χ3n) is 2.95. The number of nitrogens with zero attached hydrogens (tertiary/aromatic N) is 2. The van der Waals surface area contributed by atoms with Gasteiger partial charge < -0.3 is 10.7 Å². The van der Waals surface area contributed by atoms with Crippen LogP contribution in [0.4, 0.5) is 5.69 Å². The van der Waals surface area contributed by atoms with Crippen LogP contribution in [0.15, 0.2) is 24.4 Å². The molecule has 2 aromatic heterocycles. The minimum atomic E-state index is 0.373. The Morgan fingerprint density at radius 2 is 1.89 bits per heavy atom. The number of nitrogens with two attached hydrogens (primary N) is 1. The van der Waals surface area contributed by atoms with Crippen molar-refractivity contribution in [1.82, 2.24) is 15.0 Å². The maximum absolute atomic E-state index is 6.03. The Balaban J connectivity index is 2.22. The van der Waals surface area contributed by atoms with Crippen LogP contribution in [0.5, 0.6) is 0 Å². The topological polar surface area (TPSA) is 67.6 Å². The molecule has 0 bridgehead atoms. The summed E-state index contributed by atoms with van der Waals surface area (Å²) in [7, 11) is 0. The number of imidazole rings is 1. The van der Waals surface area contributed by atoms with Gasteiger partial charge in [0, 0.05) is 11.8 Å². The number of pyridine rings is 1. The fourth-order valence-corrected chi connectivity index (χ4v) is 2.38. The maximum Gasteiger partial charge on any atom is 0.178 e. The molecular formula is C13H10Cl2N4. The third kappa shape index (κ3) is 2.03. The second-order valence-corrected chi connectivity index (χ2v) is 5.08. The average Bonchev–Trinajstić information content (AvgIpc) is 2.81. The molecular weight excluding hydrogens is 283 g/mol. The van der Waals surface area contributed by atoms with Crippen molar-refractivity contribution in [1.29, 1.82) is 0 Å². The highest BCUT2D eigenvalue weighted by atomic mass is 35.5. The number of aromatic nitrogens is 3. The first-order valence-corrected chi connectivity index (χ1v) is 6.38. The van der Waals surface area contributed by atoms with Gasteiger partial charge in [0.15, 0.2) is 5.65 Å². The van der Waals surface area contributed by atoms with Crippen molar-refractivity contribution in [3.05, 3.63) is 40.0 Å². The summed E-state index contributed by atoms with van der Waals surface area (Å²) >= 11 is 12.1. The molecule has 4 nitrogen and oxygen atoms in total. The number of H-pyrrole nitrogens is 1. The lowest BCUT2D eigenvalue weighted by atomic mass is 10.2. The summed E-state index contributed by atoms with van der Waals surface area (Å²) in [5.41, 5.74) is 9.52. The molecule has 0 saturated heterocycles. The Hall–Kier alpha value is -1.78. The molecule has 0 amide bonds. The molecule has 0 atom stereocenters. The normalized spacial score (nSPS) is 11.1. The van der Waals surface area contributed by atoms with E-state index in [-0.39, 0.29) is 0 Å². The van der Waals surface area contributed by atoms with Gasteiger partial charge in [-0.2, -0.15) is 0 Å². The number of halogens is 2. The summed E-state index contributed by atoms with van der Waals surface area (Å²) in [4.78, 5) is 11.9. The van der Waals surface area contributed by atoms with Crippen LogP contribution in [0, 0.1) is 6.92 Å². The first-order valence-electron chi connectivity index (χ1n) is 5.62. The van der Waals surface area contributed by atoms with Gasteiger partial charge in [0.05, 0.1) is 21.2 Å². The second-order valence-electron chi connectivity index (χ2n) is 4.27. The van der Waals surface area contributed by atoms with Crippen LogP contribution in [-0.4, -0.2) is 15.0 Å². The summed E-state index contributed by atoms with van der Waals surface area (Å²) in [6.45, 7) is 1.99. The van der Waals surface area contributed by atoms with Gasteiger partial charge in [0.2, 0.25) is 0 Å². The Morgan fingerprint density at radius 3 is 2.53 bits per heavy atom. The van der Waals surface area contributed by atoms with Crippen molar-refractivity contribution in [3.8, 4) is 11.4 Å². The van der Waals surface area contributed by atoms with E-state index >= 15 is 0 Å². The van der Waals surface area contributed by atoms with Gasteiger partial charge in [-0.3, -0.25) is 0 Å². The third-order valence-corrected chi connectivity index (χ3v) is 3.58. The van der Waals surface area contributed by atoms with Crippen molar-refractivity contribution >= 4 is 40.1 Å². The zero-order chi connectivity index (χ0) is 13.6. The minimum Gasteiger partial charge on any atom is -0.396 e. The molecule has 0 aliphatic heterocycles. The Labute approximate surface area is 119 Å². The number of nitrogen functional groups attached to an aromatic ring is 1. The van der Waals surface area contributed by atoms with Crippen molar-refractivity contribution in [2.24, 2.45) is 0 Å². The largest absolute Gasteiger partial charge is 0.396 e. The number of aryl methyl sites for hydroxylation is 1. The lowest BCUT2D eigenvalue weighted by molar-refractivity contribution is 1.30. The molecule has 0 aliphatic carbocycles. The molecule has 3 N–H and O–H groups in total. The maximum atomic E-state index is 6.03. The molecule has 3 rings (SSSR count). The minimum absolute atomic E-state index is 0.373. The Kier molecular flexibility index (Phi) is 2.84. The molecule has 1 aromatic carbocycles. The highest BCUT2D eigenvalue weighted by Gasteiger charge is 2.11. The van der Waals surface area contributed by atoms with Crippen molar-refractivity contribution in [3.63, 3.8) is 0 Å². The monoisotopic (exact) mass is 292 g/mol. The van der Waals surface area contributed by atoms with E-state index in [1.54, 1.807) is 18.3 Å². The van der Waals surface area contributed by atoms with E-state index in [9.17, 15) is 0 Å². The molecule has 0 saturated carbocycles. The van der Waals surface area contributed by atoms with E-state index in [0.29, 0.717) is 27.2 Å². The van der Waals surface area contributed by atoms with Gasteiger partial charge in [0.25, 0.3) is 0 Å². The van der Waals surface area contributed by atoms with E-state index in [4.69, 9.17) is 28.9 Å². The van der Waals surface area contributed by atoms with Crippen LogP contribution in [0.3, 0.4) is 0 Å². The number of fused-ring (bicyclic) bond motifs is 1. The SMILES string of the molecule is Cc1ccnc2nc(-c3cc(Cl)c(N)c(Cl)c3)[nH]c12. The molecule has 96 valence electrons. The van der Waals surface area contributed by atoms with E-state index in [1.807, 2.05) is 13.0 Å². The standard InChI is InChI=1S/C13H10Cl2N4/c1-6-2-3-17-13-11(6)18-12(19-13)7-4-8(14)10(16)9(15)5-7/h2-5H,16H2,1H3,(H,17,18,19). The Morgan fingerprint density at radius 1 is 1.21 bits per heavy atom. The molecule has 3 aromatic rings. The number of nitrogens with one attached hydrogen (secondary N) is 1. The lowest BCUT2D eigenvalue weighted by Gasteiger charge is -2.03. The van der Waals surface area contributed by atoms with E-state index < -0.39 is 0 Å². The smallest absolute Gasteiger partial charge is 0.178 e. The number of anilines is 1. The summed E-state index contributed by atoms with van der Waals surface area (Å²) in [6.07, 6.45) is 1.73. The average molecular weight is 293 g/mol. The predicted molar refractivity (Wildman–Crippen MR) is 78.5 cm³/mol. The van der Waals surface area contributed by atoms with Crippen molar-refractivity contribution in [2.45, 2.75) is 6.92 Å². The fraction of sp³-hybridized carbons (Fsp3) is 0.0769. The van der Waals surface area contributed by atoms with Gasteiger partial charge in [-0.25, -0.2) is 9.97 Å². The number of hydrogen-bond donors (Lipinski definition) is 2. The van der Waals surface area contributed by atoms with E-state index in [0.717, 1.165) is 16.6 Å². The summed E-state index contributed by atoms with van der Waals surface area (Å²) in [6, 6.07) is 5.39. The first-order chi connectivity index (χ1) is 9.06. The zero-order valence-electron chi connectivity index (χ0n) is 10.0. The summed E-state index contributed by atoms with van der Waals surface area (Å²) in [5.74, 6) is 0.667. The van der Waals surface area contributed by atoms with Crippen LogP contribution in [0.25, 0.3) is 22.6 Å². The molecule has 0 spiro atoms. The van der Waals surface area contributed by atoms with Crippen LogP contribution < -0.4 is 5.73 Å². The van der Waals surface area contributed by atoms with Gasteiger partial charge in [-0.15, -0.1) is 0 Å². The molecule has 19 heavy (non-hydrogen) atoms. The Bertz CT molecular complexity index is 756. The van der Waals surface area contributed by atoms with Gasteiger partial charge >= 0.3 is 0 Å². The van der Waals surface area contributed by atoms with E-state index in [2.05, 4.69) is 15.0 Å².